The number of carbonyl (C=O) groups is 5. The minimum atomic E-state index is -2.28. The summed E-state index contributed by atoms with van der Waals surface area (Å²) in [4.78, 5) is 66.5. The van der Waals surface area contributed by atoms with Gasteiger partial charge in [-0.05, 0) is 74.2 Å². The minimum Gasteiger partial charge on any atom is -0.507 e. The normalized spacial score (nSPS) is 29.0. The maximum atomic E-state index is 14.6. The number of phenols is 1. The molecule has 1 saturated carbocycles. The van der Waals surface area contributed by atoms with Crippen molar-refractivity contribution >= 4 is 64.0 Å². The van der Waals surface area contributed by atoms with E-state index in [0.29, 0.717) is 11.1 Å². The molecule has 10 nitrogen and oxygen atoms in total. The number of carbonyl (C=O) groups excluding carboxylic acids is 5. The third kappa shape index (κ3) is 4.48. The van der Waals surface area contributed by atoms with Gasteiger partial charge in [0.2, 0.25) is 11.8 Å². The van der Waals surface area contributed by atoms with Crippen molar-refractivity contribution in [2.75, 3.05) is 24.0 Å². The van der Waals surface area contributed by atoms with Gasteiger partial charge in [0.25, 0.3) is 11.8 Å². The van der Waals surface area contributed by atoms with E-state index in [4.69, 9.17) is 32.7 Å². The van der Waals surface area contributed by atoms with Crippen molar-refractivity contribution in [2.24, 2.45) is 17.8 Å². The topological polar surface area (TPSA) is 131 Å². The van der Waals surface area contributed by atoms with Crippen LogP contribution < -0.4 is 19.3 Å². The monoisotopic (exact) mass is 706 g/mol. The van der Waals surface area contributed by atoms with Crippen molar-refractivity contribution in [3.05, 3.63) is 89.3 Å². The van der Waals surface area contributed by atoms with Crippen LogP contribution in [-0.4, -0.2) is 58.5 Å². The number of ether oxygens (including phenoxy) is 2. The Morgan fingerprint density at radius 1 is 0.878 bits per heavy atom. The first-order valence-electron chi connectivity index (χ1n) is 15.4. The molecule has 3 aromatic rings. The maximum absolute atomic E-state index is 14.6. The standard InChI is InChI=1S/C36H29Cl2FN2O8/c1-17(42)18-4-8-20(9-5-18)40-31(44)24-13-12-23-25(28(24)32(40)45)16-35(37)33(46)41(21-10-6-19(39)7-11-21)34(47)36(35,38)30(23)29-26(43)14-22(48-2)15-27(29)49-3/h4-12,14-15,24-25,28,30,43H,13,16H2,1-3H3/t24-,25+,28-,30+,35+,36-/m0/s1. The van der Waals surface area contributed by atoms with Crippen LogP contribution >= 0.6 is 23.2 Å². The number of halogens is 3. The SMILES string of the molecule is COc1cc(O)c([C@H]2C3=CC[C@@H]4C(=O)N(c5ccc(C(C)=O)cc5)C(=O)[C@@H]4[C@@H]3C[C@@]3(Cl)C(=O)N(c4ccc(F)cc4)C(=O)[C@@]23Cl)c(OC)c1. The van der Waals surface area contributed by atoms with E-state index < -0.39 is 62.9 Å². The molecule has 2 aliphatic heterocycles. The Morgan fingerprint density at radius 3 is 2.12 bits per heavy atom. The van der Waals surface area contributed by atoms with Crippen LogP contribution in [0.4, 0.5) is 15.8 Å². The van der Waals surface area contributed by atoms with Gasteiger partial charge in [0, 0.05) is 29.2 Å². The molecule has 6 atom stereocenters. The summed E-state index contributed by atoms with van der Waals surface area (Å²) in [6.07, 6.45) is 1.51. The molecule has 0 bridgehead atoms. The molecule has 0 unspecified atom stereocenters. The first-order chi connectivity index (χ1) is 23.3. The molecule has 2 heterocycles. The molecule has 49 heavy (non-hydrogen) atoms. The highest BCUT2D eigenvalue weighted by Crippen LogP contribution is 2.67. The molecule has 252 valence electrons. The maximum Gasteiger partial charge on any atom is 0.258 e. The van der Waals surface area contributed by atoms with E-state index in [1.54, 1.807) is 6.08 Å². The number of amides is 4. The lowest BCUT2D eigenvalue weighted by atomic mass is 9.56. The first-order valence-corrected chi connectivity index (χ1v) is 16.2. The van der Waals surface area contributed by atoms with Crippen LogP contribution in [0.25, 0.3) is 0 Å². The highest BCUT2D eigenvalue weighted by atomic mass is 35.5. The Balaban J connectivity index is 1.41. The Labute approximate surface area is 290 Å². The Morgan fingerprint density at radius 2 is 1.51 bits per heavy atom. The number of alkyl halides is 2. The predicted octanol–water partition coefficient (Wildman–Crippen LogP) is 5.52. The predicted molar refractivity (Wildman–Crippen MR) is 177 cm³/mol. The fourth-order valence-corrected chi connectivity index (χ4v) is 8.90. The average molecular weight is 708 g/mol. The number of nitrogens with zero attached hydrogens (tertiary/aromatic N) is 2. The van der Waals surface area contributed by atoms with Crippen LogP contribution in [0.15, 0.2) is 72.3 Å². The van der Waals surface area contributed by atoms with E-state index in [0.717, 1.165) is 21.9 Å². The number of rotatable bonds is 6. The van der Waals surface area contributed by atoms with Gasteiger partial charge >= 0.3 is 0 Å². The number of methoxy groups -OCH3 is 2. The highest BCUT2D eigenvalue weighted by Gasteiger charge is 2.77. The number of hydrogen-bond acceptors (Lipinski definition) is 8. The van der Waals surface area contributed by atoms with Crippen molar-refractivity contribution in [2.45, 2.75) is 35.4 Å². The first kappa shape index (κ1) is 32.8. The summed E-state index contributed by atoms with van der Waals surface area (Å²) >= 11 is 14.8. The van der Waals surface area contributed by atoms with E-state index in [2.05, 4.69) is 0 Å². The van der Waals surface area contributed by atoms with Gasteiger partial charge in [-0.1, -0.05) is 11.6 Å². The van der Waals surface area contributed by atoms with Gasteiger partial charge in [0.15, 0.2) is 15.5 Å². The van der Waals surface area contributed by atoms with E-state index in [1.165, 1.54) is 69.7 Å². The smallest absolute Gasteiger partial charge is 0.258 e. The number of allylic oxidation sites excluding steroid dienone is 2. The van der Waals surface area contributed by atoms with E-state index >= 15 is 0 Å². The van der Waals surface area contributed by atoms with Crippen molar-refractivity contribution in [3.8, 4) is 17.2 Å². The molecule has 13 heteroatoms. The molecule has 4 amide bonds. The number of ketones is 1. The molecule has 3 aromatic carbocycles. The number of Topliss-reactive ketones (excluding diaryl/α,β-unsaturated/α-hetero) is 1. The molecular formula is C36H29Cl2FN2O8. The lowest BCUT2D eigenvalue weighted by molar-refractivity contribution is -0.125. The molecule has 4 aliphatic rings. The Hall–Kier alpha value is -4.74. The molecule has 0 radical (unpaired) electrons. The van der Waals surface area contributed by atoms with Crippen molar-refractivity contribution in [3.63, 3.8) is 0 Å². The average Bonchev–Trinajstić information content (AvgIpc) is 3.42. The van der Waals surface area contributed by atoms with Gasteiger partial charge in [0.1, 0.15) is 23.1 Å². The summed E-state index contributed by atoms with van der Waals surface area (Å²) in [6.45, 7) is 1.41. The highest BCUT2D eigenvalue weighted by molar-refractivity contribution is 6.58. The number of anilines is 2. The number of benzene rings is 3. The van der Waals surface area contributed by atoms with E-state index in [-0.39, 0.29) is 52.8 Å². The Bertz CT molecular complexity index is 2000. The molecule has 0 spiro atoms. The molecule has 1 N–H and O–H groups in total. The molecular weight excluding hydrogens is 678 g/mol. The number of phenolic OH excluding ortho intramolecular Hbond substituents is 1. The van der Waals surface area contributed by atoms with Crippen LogP contribution in [0.1, 0.15) is 41.6 Å². The van der Waals surface area contributed by atoms with Gasteiger partial charge < -0.3 is 14.6 Å². The number of aromatic hydroxyl groups is 1. The zero-order chi connectivity index (χ0) is 35.2. The zero-order valence-electron chi connectivity index (χ0n) is 26.4. The van der Waals surface area contributed by atoms with Crippen molar-refractivity contribution < 1.29 is 42.9 Å². The van der Waals surface area contributed by atoms with Gasteiger partial charge in [-0.2, -0.15) is 0 Å². The van der Waals surface area contributed by atoms with Gasteiger partial charge in [-0.3, -0.25) is 28.9 Å². The summed E-state index contributed by atoms with van der Waals surface area (Å²) < 4.78 is 24.9. The van der Waals surface area contributed by atoms with Crippen LogP contribution in [0, 0.1) is 23.6 Å². The van der Waals surface area contributed by atoms with Crippen molar-refractivity contribution in [1.82, 2.24) is 0 Å². The lowest BCUT2D eigenvalue weighted by Crippen LogP contribution is -2.60. The Kier molecular flexibility index (Phi) is 7.64. The summed E-state index contributed by atoms with van der Waals surface area (Å²) in [6, 6.07) is 13.6. The molecule has 7 rings (SSSR count). The number of imide groups is 2. The summed E-state index contributed by atoms with van der Waals surface area (Å²) in [7, 11) is 2.74. The third-order valence-corrected chi connectivity index (χ3v) is 11.7. The second-order valence-electron chi connectivity index (χ2n) is 12.6. The van der Waals surface area contributed by atoms with Crippen LogP contribution in [0.5, 0.6) is 17.2 Å². The van der Waals surface area contributed by atoms with Crippen LogP contribution in [0.2, 0.25) is 0 Å². The summed E-state index contributed by atoms with van der Waals surface area (Å²) in [5.41, 5.74) is 1.18. The molecule has 2 aliphatic carbocycles. The third-order valence-electron chi connectivity index (χ3n) is 10.3. The second-order valence-corrected chi connectivity index (χ2v) is 13.9. The summed E-state index contributed by atoms with van der Waals surface area (Å²) in [5.74, 6) is -7.71. The lowest BCUT2D eigenvalue weighted by Gasteiger charge is -2.50. The van der Waals surface area contributed by atoms with Gasteiger partial charge in [0.05, 0.1) is 37.4 Å². The zero-order valence-corrected chi connectivity index (χ0v) is 27.9. The quantitative estimate of drug-likeness (QED) is 0.154. The number of fused-ring (bicyclic) bond motifs is 4. The second kappa shape index (κ2) is 11.4. The summed E-state index contributed by atoms with van der Waals surface area (Å²) in [5, 5.41) is 11.5. The van der Waals surface area contributed by atoms with Crippen LogP contribution in [0.3, 0.4) is 0 Å². The fourth-order valence-electron chi connectivity index (χ4n) is 7.98. The fraction of sp³-hybridized carbons (Fsp3) is 0.306. The molecule has 3 fully saturated rings. The van der Waals surface area contributed by atoms with Crippen molar-refractivity contribution in [1.29, 1.82) is 0 Å². The number of hydrogen-bond donors (Lipinski definition) is 1. The van der Waals surface area contributed by atoms with Gasteiger partial charge in [-0.25, -0.2) is 9.29 Å². The minimum absolute atomic E-state index is 0.0256. The van der Waals surface area contributed by atoms with E-state index in [9.17, 15) is 33.5 Å². The van der Waals surface area contributed by atoms with E-state index in [1.807, 2.05) is 0 Å². The van der Waals surface area contributed by atoms with Gasteiger partial charge in [-0.15, -0.1) is 23.2 Å². The molecule has 2 saturated heterocycles. The van der Waals surface area contributed by atoms with Crippen LogP contribution in [-0.2, 0) is 19.2 Å². The largest absolute Gasteiger partial charge is 0.507 e. The molecule has 0 aromatic heterocycles.